The van der Waals surface area contributed by atoms with Crippen LogP contribution in [0.1, 0.15) is 17.0 Å². The van der Waals surface area contributed by atoms with Gasteiger partial charge in [0.2, 0.25) is 0 Å². The number of benzene rings is 1. The number of nitro groups is 1. The maximum atomic E-state index is 14.7. The van der Waals surface area contributed by atoms with Crippen LogP contribution >= 0.6 is 11.6 Å². The number of aromatic nitrogens is 2. The van der Waals surface area contributed by atoms with E-state index in [4.69, 9.17) is 16.3 Å². The summed E-state index contributed by atoms with van der Waals surface area (Å²) in [5, 5.41) is 21.3. The lowest BCUT2D eigenvalue weighted by atomic mass is 9.89. The summed E-state index contributed by atoms with van der Waals surface area (Å²) in [5.41, 5.74) is -0.0177. The molecular formula is C21H23ClFN3O5Si. The van der Waals surface area contributed by atoms with Crippen LogP contribution < -0.4 is 0 Å². The van der Waals surface area contributed by atoms with Crippen molar-refractivity contribution in [1.29, 1.82) is 0 Å². The topological polar surface area (TPSA) is 107 Å². The summed E-state index contributed by atoms with van der Waals surface area (Å²) in [5.74, 6) is -3.73. The third kappa shape index (κ3) is 5.32. The van der Waals surface area contributed by atoms with E-state index in [1.54, 1.807) is 16.8 Å². The third-order valence-electron chi connectivity index (χ3n) is 5.02. The van der Waals surface area contributed by atoms with Crippen molar-refractivity contribution >= 4 is 42.4 Å². The van der Waals surface area contributed by atoms with Crippen LogP contribution in [-0.2, 0) is 16.3 Å². The Bertz CT molecular complexity index is 1180. The molecule has 1 unspecified atom stereocenters. The predicted molar refractivity (Wildman–Crippen MR) is 121 cm³/mol. The zero-order valence-electron chi connectivity index (χ0n) is 17.8. The summed E-state index contributed by atoms with van der Waals surface area (Å²) >= 11 is 6.18. The van der Waals surface area contributed by atoms with Crippen LogP contribution in [0.5, 0.6) is 0 Å². The molecule has 3 rings (SSSR count). The average Bonchev–Trinajstić information content (AvgIpc) is 3.08. The highest BCUT2D eigenvalue weighted by Gasteiger charge is 2.29. The molecule has 0 aliphatic heterocycles. The van der Waals surface area contributed by atoms with Gasteiger partial charge in [0, 0.05) is 37.9 Å². The maximum absolute atomic E-state index is 14.7. The molecular weight excluding hydrogens is 457 g/mol. The van der Waals surface area contributed by atoms with Crippen LogP contribution in [0, 0.1) is 15.9 Å². The number of hydrogen-bond donors (Lipinski definition) is 1. The molecule has 0 radical (unpaired) electrons. The number of aliphatic carboxylic acids is 1. The SMILES string of the molecule is C[Si](C)(C)CCOCn1ccc2c(C(C(=O)O)c3ccc([N+](=O)[O-])cc3F)cc(Cl)nc21. The van der Waals surface area contributed by atoms with E-state index in [0.29, 0.717) is 23.7 Å². The predicted octanol–water partition coefficient (Wildman–Crippen LogP) is 5.27. The number of carboxylic acid groups (broad SMARTS) is 1. The van der Waals surface area contributed by atoms with Crippen molar-refractivity contribution in [2.45, 2.75) is 38.3 Å². The van der Waals surface area contributed by atoms with E-state index in [1.807, 2.05) is 0 Å². The Kier molecular flexibility index (Phi) is 6.96. The number of hydrogen-bond acceptors (Lipinski definition) is 5. The van der Waals surface area contributed by atoms with Gasteiger partial charge in [-0.25, -0.2) is 9.37 Å². The Morgan fingerprint density at radius 3 is 2.62 bits per heavy atom. The minimum Gasteiger partial charge on any atom is -0.481 e. The van der Waals surface area contributed by atoms with E-state index in [1.165, 1.54) is 6.07 Å². The molecule has 3 aromatic rings. The van der Waals surface area contributed by atoms with Crippen molar-refractivity contribution in [3.05, 3.63) is 68.7 Å². The van der Waals surface area contributed by atoms with Crippen molar-refractivity contribution in [1.82, 2.24) is 9.55 Å². The molecule has 1 N–H and O–H groups in total. The van der Waals surface area contributed by atoms with E-state index in [0.717, 1.165) is 18.2 Å². The zero-order chi connectivity index (χ0) is 23.6. The van der Waals surface area contributed by atoms with Gasteiger partial charge < -0.3 is 14.4 Å². The molecule has 1 atom stereocenters. The fourth-order valence-electron chi connectivity index (χ4n) is 3.34. The van der Waals surface area contributed by atoms with E-state index < -0.39 is 36.4 Å². The van der Waals surface area contributed by atoms with Crippen LogP contribution in [0.3, 0.4) is 0 Å². The maximum Gasteiger partial charge on any atom is 0.315 e. The molecule has 2 heterocycles. The van der Waals surface area contributed by atoms with Crippen molar-refractivity contribution in [3.63, 3.8) is 0 Å². The van der Waals surface area contributed by atoms with Gasteiger partial charge >= 0.3 is 5.97 Å². The molecule has 11 heteroatoms. The summed E-state index contributed by atoms with van der Waals surface area (Å²) in [7, 11) is -1.25. The molecule has 0 aliphatic rings. The summed E-state index contributed by atoms with van der Waals surface area (Å²) in [6.07, 6.45) is 1.71. The standard InChI is InChI=1S/C21H23ClFN3O5Si/c1-32(2,3)9-8-31-12-25-7-6-14-16(11-18(22)24-20(14)25)19(21(27)28)15-5-4-13(26(29)30)10-17(15)23/h4-7,10-11,19H,8-9,12H2,1-3H3,(H,27,28). The zero-order valence-corrected chi connectivity index (χ0v) is 19.6. The van der Waals surface area contributed by atoms with E-state index in [2.05, 4.69) is 24.6 Å². The molecule has 0 amide bonds. The van der Waals surface area contributed by atoms with Crippen molar-refractivity contribution in [2.75, 3.05) is 6.61 Å². The first-order valence-electron chi connectivity index (χ1n) is 9.87. The molecule has 170 valence electrons. The second kappa shape index (κ2) is 9.35. The molecule has 1 aromatic carbocycles. The van der Waals surface area contributed by atoms with Gasteiger partial charge in [-0.1, -0.05) is 31.2 Å². The third-order valence-corrected chi connectivity index (χ3v) is 6.92. The molecule has 0 bridgehead atoms. The van der Waals surface area contributed by atoms with Gasteiger partial charge in [0.25, 0.3) is 5.69 Å². The van der Waals surface area contributed by atoms with Gasteiger partial charge in [0.15, 0.2) is 0 Å². The van der Waals surface area contributed by atoms with Crippen LogP contribution in [0.4, 0.5) is 10.1 Å². The molecule has 0 saturated heterocycles. The van der Waals surface area contributed by atoms with Gasteiger partial charge in [0.05, 0.1) is 11.0 Å². The lowest BCUT2D eigenvalue weighted by Gasteiger charge is -2.17. The average molecular weight is 480 g/mol. The molecule has 0 fully saturated rings. The smallest absolute Gasteiger partial charge is 0.315 e. The number of nitrogens with zero attached hydrogens (tertiary/aromatic N) is 3. The Morgan fingerprint density at radius 1 is 1.31 bits per heavy atom. The van der Waals surface area contributed by atoms with Crippen molar-refractivity contribution in [2.24, 2.45) is 0 Å². The van der Waals surface area contributed by atoms with E-state index in [9.17, 15) is 24.4 Å². The monoisotopic (exact) mass is 479 g/mol. The summed E-state index contributed by atoms with van der Waals surface area (Å²) in [6, 6.07) is 6.94. The first kappa shape index (κ1) is 23.8. The second-order valence-corrected chi connectivity index (χ2v) is 14.6. The van der Waals surface area contributed by atoms with Crippen molar-refractivity contribution in [3.8, 4) is 0 Å². The number of nitro benzene ring substituents is 1. The van der Waals surface area contributed by atoms with Crippen LogP contribution in [-0.4, -0.2) is 40.2 Å². The molecule has 32 heavy (non-hydrogen) atoms. The van der Waals surface area contributed by atoms with Gasteiger partial charge in [-0.15, -0.1) is 0 Å². The summed E-state index contributed by atoms with van der Waals surface area (Å²) < 4.78 is 22.1. The first-order chi connectivity index (χ1) is 15.0. The van der Waals surface area contributed by atoms with Gasteiger partial charge in [-0.05, 0) is 29.8 Å². The first-order valence-corrected chi connectivity index (χ1v) is 14.0. The number of carboxylic acids is 1. The highest BCUT2D eigenvalue weighted by Crippen LogP contribution is 2.35. The summed E-state index contributed by atoms with van der Waals surface area (Å²) in [6.45, 7) is 7.55. The quantitative estimate of drug-likeness (QED) is 0.147. The number of ether oxygens (including phenoxy) is 1. The second-order valence-electron chi connectivity index (χ2n) is 8.64. The number of rotatable bonds is 9. The van der Waals surface area contributed by atoms with Crippen LogP contribution in [0.25, 0.3) is 11.0 Å². The number of fused-ring (bicyclic) bond motifs is 1. The highest BCUT2D eigenvalue weighted by molar-refractivity contribution is 6.76. The molecule has 2 aromatic heterocycles. The molecule has 0 saturated carbocycles. The molecule has 0 aliphatic carbocycles. The number of carbonyl (C=O) groups is 1. The minimum atomic E-state index is -1.43. The van der Waals surface area contributed by atoms with E-state index in [-0.39, 0.29) is 23.0 Å². The molecule has 0 spiro atoms. The van der Waals surface area contributed by atoms with Crippen LogP contribution in [0.15, 0.2) is 36.5 Å². The van der Waals surface area contributed by atoms with Crippen LogP contribution in [0.2, 0.25) is 30.8 Å². The number of halogens is 2. The normalized spacial score (nSPS) is 12.8. The number of pyridine rings is 1. The minimum absolute atomic E-state index is 0.0446. The van der Waals surface area contributed by atoms with Crippen molar-refractivity contribution < 1.29 is 24.0 Å². The van der Waals surface area contributed by atoms with E-state index >= 15 is 0 Å². The lowest BCUT2D eigenvalue weighted by Crippen LogP contribution is -2.22. The fourth-order valence-corrected chi connectivity index (χ4v) is 4.29. The van der Waals surface area contributed by atoms with Gasteiger partial charge in [-0.2, -0.15) is 0 Å². The Balaban J connectivity index is 2.00. The fraction of sp³-hybridized carbons (Fsp3) is 0.333. The Hall–Kier alpha value is -2.82. The summed E-state index contributed by atoms with van der Waals surface area (Å²) in [4.78, 5) is 26.6. The Labute approximate surface area is 189 Å². The Morgan fingerprint density at radius 2 is 2.03 bits per heavy atom. The van der Waals surface area contributed by atoms with Gasteiger partial charge in [-0.3, -0.25) is 14.9 Å². The number of non-ortho nitro benzene ring substituents is 1. The lowest BCUT2D eigenvalue weighted by molar-refractivity contribution is -0.385. The van der Waals surface area contributed by atoms with Gasteiger partial charge in [0.1, 0.15) is 29.3 Å². The largest absolute Gasteiger partial charge is 0.481 e. The highest BCUT2D eigenvalue weighted by atomic mass is 35.5. The molecule has 8 nitrogen and oxygen atoms in total.